The number of carbonyl (C=O) groups excluding carboxylic acids is 2. The fourth-order valence-corrected chi connectivity index (χ4v) is 7.08. The van der Waals surface area contributed by atoms with E-state index in [-0.39, 0.29) is 23.3 Å². The fourth-order valence-electron chi connectivity index (χ4n) is 6.81. The molecule has 4 N–H and O–H groups in total. The maximum absolute atomic E-state index is 13.4. The smallest absolute Gasteiger partial charge is 0.278 e. The Kier molecular flexibility index (Phi) is 7.30. The zero-order valence-corrected chi connectivity index (χ0v) is 21.8. The molecule has 1 saturated carbocycles. The minimum absolute atomic E-state index is 0.0209. The number of hydrogen-bond acceptors (Lipinski definition) is 4. The van der Waals surface area contributed by atoms with Crippen LogP contribution in [-0.4, -0.2) is 58.0 Å². The van der Waals surface area contributed by atoms with E-state index in [2.05, 4.69) is 4.98 Å². The molecule has 0 spiro atoms. The first-order valence-corrected chi connectivity index (χ1v) is 14.0. The fraction of sp³-hybridized carbons (Fsp3) is 0.630. The molecule has 3 fully saturated rings. The topological polar surface area (TPSA) is 106 Å². The van der Waals surface area contributed by atoms with Gasteiger partial charge in [-0.25, -0.2) is 0 Å². The molecule has 0 bridgehead atoms. The second-order valence-corrected chi connectivity index (χ2v) is 11.4. The van der Waals surface area contributed by atoms with Gasteiger partial charge in [0.2, 0.25) is 5.91 Å². The molecule has 2 saturated heterocycles. The third kappa shape index (κ3) is 4.75. The molecule has 1 aliphatic carbocycles. The van der Waals surface area contributed by atoms with Crippen LogP contribution in [0.3, 0.4) is 0 Å². The summed E-state index contributed by atoms with van der Waals surface area (Å²) in [6.45, 7) is 3.83. The highest BCUT2D eigenvalue weighted by Crippen LogP contribution is 2.32. The summed E-state index contributed by atoms with van der Waals surface area (Å²) in [7, 11) is 0. The number of H-pyrrole nitrogens is 1. The molecule has 36 heavy (non-hydrogen) atoms. The number of nitrogens with zero attached hydrogens (tertiary/aromatic N) is 2. The van der Waals surface area contributed by atoms with Crippen molar-refractivity contribution < 1.29 is 14.5 Å². The molecular weight excluding hydrogens is 474 g/mol. The summed E-state index contributed by atoms with van der Waals surface area (Å²) in [6, 6.07) is 7.45. The number of primary amides is 1. The Morgan fingerprint density at radius 1 is 1.06 bits per heavy atom. The predicted octanol–water partition coefficient (Wildman–Crippen LogP) is 1.78. The molecule has 5 rings (SSSR count). The van der Waals surface area contributed by atoms with Crippen molar-refractivity contribution in [3.8, 4) is 0 Å². The molecule has 3 aliphatic rings. The lowest BCUT2D eigenvalue weighted by molar-refractivity contribution is -0.948. The number of rotatable bonds is 5. The molecule has 194 valence electrons. The van der Waals surface area contributed by atoms with Crippen molar-refractivity contribution in [2.24, 2.45) is 17.6 Å². The molecule has 9 heteroatoms. The molecule has 3 heterocycles. The average Bonchev–Trinajstić information content (AvgIpc) is 2.91. The Bertz CT molecular complexity index is 1230. The summed E-state index contributed by atoms with van der Waals surface area (Å²) < 4.78 is 2.14. The van der Waals surface area contributed by atoms with Crippen molar-refractivity contribution in [1.82, 2.24) is 14.5 Å². The van der Waals surface area contributed by atoms with Crippen molar-refractivity contribution in [2.45, 2.75) is 69.9 Å². The van der Waals surface area contributed by atoms with Crippen molar-refractivity contribution in [3.05, 3.63) is 39.4 Å². The number of benzene rings is 1. The maximum atomic E-state index is 13.4. The second kappa shape index (κ2) is 10.5. The highest BCUT2D eigenvalue weighted by molar-refractivity contribution is 7.71. The van der Waals surface area contributed by atoms with Gasteiger partial charge in [0.1, 0.15) is 0 Å². The van der Waals surface area contributed by atoms with Crippen LogP contribution in [0.25, 0.3) is 10.9 Å². The van der Waals surface area contributed by atoms with Crippen LogP contribution >= 0.6 is 12.2 Å². The lowest BCUT2D eigenvalue weighted by Gasteiger charge is -2.45. The molecule has 0 radical (unpaired) electrons. The van der Waals surface area contributed by atoms with Crippen molar-refractivity contribution in [2.75, 3.05) is 26.2 Å². The van der Waals surface area contributed by atoms with Crippen LogP contribution in [0.5, 0.6) is 0 Å². The van der Waals surface area contributed by atoms with E-state index in [1.807, 2.05) is 29.2 Å². The Hall–Kier alpha value is -2.52. The molecule has 1 aromatic heterocycles. The van der Waals surface area contributed by atoms with Gasteiger partial charge in [-0.05, 0) is 75.2 Å². The van der Waals surface area contributed by atoms with Gasteiger partial charge >= 0.3 is 0 Å². The highest BCUT2D eigenvalue weighted by Gasteiger charge is 2.50. The molecule has 0 atom stereocenters. The molecule has 2 amide bonds. The van der Waals surface area contributed by atoms with Crippen molar-refractivity contribution in [1.29, 1.82) is 0 Å². The lowest BCUT2D eigenvalue weighted by atomic mass is 9.79. The minimum Gasteiger partial charge on any atom is -0.364 e. The number of nitrogens with two attached hydrogens (primary N) is 1. The Labute approximate surface area is 216 Å². The van der Waals surface area contributed by atoms with Crippen LogP contribution in [0.1, 0.15) is 57.8 Å². The number of para-hydroxylation sites is 1. The third-order valence-electron chi connectivity index (χ3n) is 9.06. The number of hydrogen-bond donors (Lipinski definition) is 3. The van der Waals surface area contributed by atoms with E-state index in [4.69, 9.17) is 18.0 Å². The van der Waals surface area contributed by atoms with Crippen LogP contribution in [0.4, 0.5) is 0 Å². The van der Waals surface area contributed by atoms with Gasteiger partial charge in [0, 0.05) is 38.4 Å². The summed E-state index contributed by atoms with van der Waals surface area (Å²) in [5, 5.41) is 0.651. The third-order valence-corrected chi connectivity index (χ3v) is 9.38. The van der Waals surface area contributed by atoms with Gasteiger partial charge in [0.05, 0.1) is 24.0 Å². The SMILES string of the molecule is NC(=O)C1([NH+]2CCCCC2)CCN(C(=O)C2CCC(Cn3c(=S)[nH]c4ccccc4c3=O)CC2)CC1. The van der Waals surface area contributed by atoms with Crippen molar-refractivity contribution in [3.63, 3.8) is 0 Å². The predicted molar refractivity (Wildman–Crippen MR) is 141 cm³/mol. The first-order chi connectivity index (χ1) is 17.4. The van der Waals surface area contributed by atoms with E-state index in [1.54, 1.807) is 4.57 Å². The van der Waals surface area contributed by atoms with Gasteiger partial charge in [-0.15, -0.1) is 0 Å². The molecule has 1 aromatic carbocycles. The van der Waals surface area contributed by atoms with Gasteiger partial charge in [0.25, 0.3) is 11.5 Å². The van der Waals surface area contributed by atoms with Gasteiger partial charge in [-0.1, -0.05) is 12.1 Å². The lowest BCUT2D eigenvalue weighted by Crippen LogP contribution is -3.22. The van der Waals surface area contributed by atoms with E-state index in [9.17, 15) is 14.4 Å². The summed E-state index contributed by atoms with van der Waals surface area (Å²) in [4.78, 5) is 45.4. The summed E-state index contributed by atoms with van der Waals surface area (Å²) >= 11 is 5.48. The monoisotopic (exact) mass is 512 g/mol. The minimum atomic E-state index is -0.513. The zero-order valence-electron chi connectivity index (χ0n) is 21.0. The first kappa shape index (κ1) is 25.1. The summed E-state index contributed by atoms with van der Waals surface area (Å²) in [5.41, 5.74) is 6.14. The zero-order chi connectivity index (χ0) is 25.3. The number of nitrogens with one attached hydrogen (secondary N) is 2. The van der Waals surface area contributed by atoms with Gasteiger partial charge < -0.3 is 20.5 Å². The van der Waals surface area contributed by atoms with Gasteiger partial charge in [0.15, 0.2) is 10.3 Å². The second-order valence-electron chi connectivity index (χ2n) is 11.0. The average molecular weight is 513 g/mol. The van der Waals surface area contributed by atoms with Crippen molar-refractivity contribution >= 4 is 34.9 Å². The van der Waals surface area contributed by atoms with Crippen LogP contribution in [0.2, 0.25) is 0 Å². The molecular formula is C27H38N5O3S+. The van der Waals surface area contributed by atoms with Crippen LogP contribution in [0, 0.1) is 16.6 Å². The number of fused-ring (bicyclic) bond motifs is 1. The van der Waals surface area contributed by atoms with E-state index in [1.165, 1.54) is 11.3 Å². The Morgan fingerprint density at radius 3 is 2.39 bits per heavy atom. The molecule has 0 unspecified atom stereocenters. The summed E-state index contributed by atoms with van der Waals surface area (Å²) in [5.74, 6) is 0.372. The van der Waals surface area contributed by atoms with Gasteiger partial charge in [-0.2, -0.15) is 0 Å². The van der Waals surface area contributed by atoms with E-state index < -0.39 is 5.54 Å². The van der Waals surface area contributed by atoms with Crippen LogP contribution < -0.4 is 16.2 Å². The first-order valence-electron chi connectivity index (χ1n) is 13.5. The molecule has 2 aliphatic heterocycles. The van der Waals surface area contributed by atoms with E-state index >= 15 is 0 Å². The van der Waals surface area contributed by atoms with Crippen LogP contribution in [0.15, 0.2) is 29.1 Å². The van der Waals surface area contributed by atoms with E-state index in [0.717, 1.165) is 57.1 Å². The number of amides is 2. The van der Waals surface area contributed by atoms with Gasteiger partial charge in [-0.3, -0.25) is 19.0 Å². The number of piperidine rings is 2. The largest absolute Gasteiger partial charge is 0.364 e. The summed E-state index contributed by atoms with van der Waals surface area (Å²) in [6.07, 6.45) is 8.33. The molecule has 2 aromatic rings. The Morgan fingerprint density at radius 2 is 1.72 bits per heavy atom. The normalized spacial score (nSPS) is 25.1. The number of carbonyl (C=O) groups is 2. The molecule has 8 nitrogen and oxygen atoms in total. The number of aromatic amines is 1. The maximum Gasteiger partial charge on any atom is 0.278 e. The van der Waals surface area contributed by atoms with E-state index in [0.29, 0.717) is 48.6 Å². The number of aromatic nitrogens is 2. The highest BCUT2D eigenvalue weighted by atomic mass is 32.1. The quantitative estimate of drug-likeness (QED) is 0.531. The number of quaternary nitrogens is 1. The number of likely N-dealkylation sites (tertiary alicyclic amines) is 2. The van der Waals surface area contributed by atoms with Crippen LogP contribution in [-0.2, 0) is 16.1 Å². The Balaban J connectivity index is 1.18. The standard InChI is InChI=1S/C27H37N5O3S/c28-25(35)27(31-14-4-1-5-15-31)12-16-30(17-13-27)23(33)20-10-8-19(9-11-20)18-32-24(34)21-6-2-3-7-22(21)29-26(32)36/h2-3,6-7,19-20H,1,4-5,8-18H2,(H2,28,35)(H,29,36)/p+1.